The predicted molar refractivity (Wildman–Crippen MR) is 115 cm³/mol. The minimum atomic E-state index is -1.75. The van der Waals surface area contributed by atoms with Crippen LogP contribution in [-0.2, 0) is 30.1 Å². The van der Waals surface area contributed by atoms with Crippen molar-refractivity contribution >= 4 is 28.6 Å². The molecule has 0 N–H and O–H groups in total. The maximum absolute atomic E-state index is 11.7. The lowest BCUT2D eigenvalue weighted by atomic mass is 10.2. The summed E-state index contributed by atoms with van der Waals surface area (Å²) in [4.78, 5) is 6.86. The molecule has 1 aliphatic heterocycles. The molecule has 3 heterocycles. The first-order chi connectivity index (χ1) is 14.4. The lowest BCUT2D eigenvalue weighted by Gasteiger charge is -2.25. The third kappa shape index (κ3) is 6.47. The van der Waals surface area contributed by atoms with Crippen molar-refractivity contribution in [2.75, 3.05) is 31.2 Å². The van der Waals surface area contributed by atoms with Gasteiger partial charge in [0, 0.05) is 27.2 Å². The van der Waals surface area contributed by atoms with E-state index < -0.39 is 11.3 Å². The molecule has 1 saturated heterocycles. The highest BCUT2D eigenvalue weighted by molar-refractivity contribution is 7.79. The number of rotatable bonds is 4. The summed E-state index contributed by atoms with van der Waals surface area (Å²) in [5, 5.41) is 9.21. The minimum absolute atomic E-state index is 0.534. The van der Waals surface area contributed by atoms with Crippen molar-refractivity contribution in [2.24, 2.45) is 18.5 Å². The number of morpholine rings is 1. The van der Waals surface area contributed by atoms with Crippen LogP contribution in [0.2, 0.25) is 0 Å². The maximum atomic E-state index is 11.7. The van der Waals surface area contributed by atoms with Crippen LogP contribution in [0.3, 0.4) is 0 Å². The average Bonchev–Trinajstić information content (AvgIpc) is 3.29. The average molecular weight is 452 g/mol. The van der Waals surface area contributed by atoms with Crippen LogP contribution in [0.1, 0.15) is 10.6 Å². The fourth-order valence-corrected chi connectivity index (χ4v) is 4.04. The van der Waals surface area contributed by atoms with Gasteiger partial charge in [0.15, 0.2) is 0 Å². The summed E-state index contributed by atoms with van der Waals surface area (Å²) in [6.45, 7) is 7.18. The van der Waals surface area contributed by atoms with Crippen LogP contribution >= 0.6 is 11.3 Å². The van der Waals surface area contributed by atoms with Gasteiger partial charge >= 0.3 is 11.3 Å². The summed E-state index contributed by atoms with van der Waals surface area (Å²) in [5.74, 6) is 1.34. The van der Waals surface area contributed by atoms with E-state index in [9.17, 15) is 4.21 Å². The Morgan fingerprint density at radius 3 is 2.40 bits per heavy atom. The van der Waals surface area contributed by atoms with Gasteiger partial charge in [0.25, 0.3) is 0 Å². The molecule has 1 fully saturated rings. The third-order valence-corrected chi connectivity index (χ3v) is 5.72. The Morgan fingerprint density at radius 1 is 1.13 bits per heavy atom. The lowest BCUT2D eigenvalue weighted by Crippen LogP contribution is -2.36. The van der Waals surface area contributed by atoms with Crippen molar-refractivity contribution in [3.05, 3.63) is 46.0 Å². The number of aromatic nitrogens is 5. The van der Waals surface area contributed by atoms with Gasteiger partial charge in [-0.15, -0.1) is 9.50 Å². The van der Waals surface area contributed by atoms with Crippen molar-refractivity contribution < 1.29 is 13.1 Å². The van der Waals surface area contributed by atoms with Crippen molar-refractivity contribution in [3.8, 4) is 5.75 Å². The quantitative estimate of drug-likeness (QED) is 0.590. The van der Waals surface area contributed by atoms with Gasteiger partial charge in [-0.25, -0.2) is 9.67 Å². The summed E-state index contributed by atoms with van der Waals surface area (Å²) < 4.78 is 29.4. The third-order valence-electron chi connectivity index (χ3n) is 4.03. The zero-order valence-corrected chi connectivity index (χ0v) is 19.0. The standard InChI is InChI=1S/C11H13N3O2S2.C7H12N4O/c1-8-4-6-10(7-5-8)16-18(15)13-11-14(3)12-9(2)17-11;1-10-6-8-7(9-10)11-2-4-12-5-3-11/h4-7H,1-3H3;6H,2-5H2,1H3. The second-order valence-electron chi connectivity index (χ2n) is 6.55. The number of hydrogen-bond donors (Lipinski definition) is 0. The molecular weight excluding hydrogens is 426 g/mol. The summed E-state index contributed by atoms with van der Waals surface area (Å²) in [5.41, 5.74) is 1.12. The number of ether oxygens (including phenoxy) is 1. The Kier molecular flexibility index (Phi) is 7.71. The SMILES string of the molecule is Cc1ccc(OS(=O)N=c2sc(C)nn2C)cc1.Cn1cnc(N2CCOCC2)n1. The van der Waals surface area contributed by atoms with Gasteiger partial charge in [-0.05, 0) is 26.0 Å². The normalized spacial score (nSPS) is 15.5. The largest absolute Gasteiger partial charge is 0.384 e. The molecular formula is C18H25N7O3S2. The zero-order valence-electron chi connectivity index (χ0n) is 17.4. The highest BCUT2D eigenvalue weighted by atomic mass is 32.2. The van der Waals surface area contributed by atoms with Crippen molar-refractivity contribution in [3.63, 3.8) is 0 Å². The molecule has 10 nitrogen and oxygen atoms in total. The van der Waals surface area contributed by atoms with Gasteiger partial charge in [0.1, 0.15) is 17.1 Å². The Bertz CT molecular complexity index is 1040. The van der Waals surface area contributed by atoms with E-state index in [1.165, 1.54) is 11.3 Å². The Balaban J connectivity index is 0.000000184. The van der Waals surface area contributed by atoms with Gasteiger partial charge < -0.3 is 13.8 Å². The fraction of sp³-hybridized carbons (Fsp3) is 0.444. The molecule has 0 bridgehead atoms. The summed E-state index contributed by atoms with van der Waals surface area (Å²) in [6.07, 6.45) is 1.71. The molecule has 0 saturated carbocycles. The molecule has 1 aromatic carbocycles. The van der Waals surface area contributed by atoms with Crippen molar-refractivity contribution in [2.45, 2.75) is 13.8 Å². The molecule has 162 valence electrons. The number of aryl methyl sites for hydroxylation is 4. The molecule has 0 amide bonds. The first-order valence-electron chi connectivity index (χ1n) is 9.31. The van der Waals surface area contributed by atoms with Crippen LogP contribution in [-0.4, -0.2) is 55.1 Å². The van der Waals surface area contributed by atoms with E-state index in [-0.39, 0.29) is 0 Å². The summed E-state index contributed by atoms with van der Waals surface area (Å²) >= 11 is -0.383. The predicted octanol–water partition coefficient (Wildman–Crippen LogP) is 1.31. The van der Waals surface area contributed by atoms with Crippen molar-refractivity contribution in [1.29, 1.82) is 0 Å². The minimum Gasteiger partial charge on any atom is -0.384 e. The summed E-state index contributed by atoms with van der Waals surface area (Å²) in [6, 6.07) is 7.31. The molecule has 0 radical (unpaired) electrons. The van der Waals surface area contributed by atoms with Gasteiger partial charge in [-0.2, -0.15) is 9.31 Å². The smallest absolute Gasteiger partial charge is 0.341 e. The topological polar surface area (TPSA) is 99.7 Å². The van der Waals surface area contributed by atoms with Crippen LogP contribution in [0.5, 0.6) is 5.75 Å². The monoisotopic (exact) mass is 451 g/mol. The van der Waals surface area contributed by atoms with Crippen molar-refractivity contribution in [1.82, 2.24) is 24.5 Å². The fourth-order valence-electron chi connectivity index (χ4n) is 2.55. The van der Waals surface area contributed by atoms with Gasteiger partial charge in [-0.3, -0.25) is 4.68 Å². The van der Waals surface area contributed by atoms with Gasteiger partial charge in [0.2, 0.25) is 10.7 Å². The Hall–Kier alpha value is -2.57. The molecule has 30 heavy (non-hydrogen) atoms. The second-order valence-corrected chi connectivity index (χ2v) is 8.49. The molecule has 12 heteroatoms. The van der Waals surface area contributed by atoms with Gasteiger partial charge in [0.05, 0.1) is 13.2 Å². The molecule has 1 atom stereocenters. The van der Waals surface area contributed by atoms with Crippen LogP contribution < -0.4 is 13.9 Å². The second kappa shape index (κ2) is 10.5. The van der Waals surface area contributed by atoms with Crippen LogP contribution in [0.25, 0.3) is 0 Å². The molecule has 3 aromatic rings. The number of nitrogens with zero attached hydrogens (tertiary/aromatic N) is 7. The van der Waals surface area contributed by atoms with E-state index in [0.29, 0.717) is 10.6 Å². The van der Waals surface area contributed by atoms with E-state index in [4.69, 9.17) is 8.92 Å². The van der Waals surface area contributed by atoms with Crippen LogP contribution in [0.4, 0.5) is 5.95 Å². The maximum Gasteiger partial charge on any atom is 0.341 e. The highest BCUT2D eigenvalue weighted by Crippen LogP contribution is 2.12. The highest BCUT2D eigenvalue weighted by Gasteiger charge is 2.13. The molecule has 2 aromatic heterocycles. The number of hydrogen-bond acceptors (Lipinski definition) is 8. The molecule has 4 rings (SSSR count). The van der Waals surface area contributed by atoms with Gasteiger partial charge in [-0.1, -0.05) is 29.0 Å². The van der Waals surface area contributed by atoms with E-state index in [0.717, 1.165) is 42.8 Å². The molecule has 0 spiro atoms. The van der Waals surface area contributed by atoms with E-state index in [1.54, 1.807) is 34.9 Å². The Morgan fingerprint density at radius 2 is 1.83 bits per heavy atom. The number of benzene rings is 1. The molecule has 1 unspecified atom stereocenters. The first kappa shape index (κ1) is 22.1. The van der Waals surface area contributed by atoms with Crippen LogP contribution in [0.15, 0.2) is 35.0 Å². The van der Waals surface area contributed by atoms with Crippen LogP contribution in [0, 0.1) is 13.8 Å². The lowest BCUT2D eigenvalue weighted by molar-refractivity contribution is 0.122. The summed E-state index contributed by atoms with van der Waals surface area (Å²) in [7, 11) is 3.63. The number of anilines is 1. The van der Waals surface area contributed by atoms with E-state index in [1.807, 2.05) is 33.0 Å². The first-order valence-corrected chi connectivity index (χ1v) is 11.2. The molecule has 1 aliphatic rings. The Labute approximate surface area is 181 Å². The van der Waals surface area contributed by atoms with E-state index in [2.05, 4.69) is 24.5 Å². The molecule has 0 aliphatic carbocycles. The zero-order chi connectivity index (χ0) is 21.5. The van der Waals surface area contributed by atoms with E-state index >= 15 is 0 Å².